The number of hydrogen-bond acceptors (Lipinski definition) is 3. The van der Waals surface area contributed by atoms with Gasteiger partial charge in [-0.05, 0) is 37.3 Å². The normalized spacial score (nSPS) is 11.0. The maximum atomic E-state index is 12.6. The molecule has 4 aromatic rings. The van der Waals surface area contributed by atoms with E-state index in [1.165, 1.54) is 6.07 Å². The Morgan fingerprint density at radius 1 is 1.08 bits per heavy atom. The summed E-state index contributed by atoms with van der Waals surface area (Å²) in [5.74, 6) is -0.159. The number of aryl methyl sites for hydroxylation is 1. The van der Waals surface area contributed by atoms with E-state index in [0.29, 0.717) is 5.39 Å². The van der Waals surface area contributed by atoms with Crippen LogP contribution in [0.3, 0.4) is 0 Å². The lowest BCUT2D eigenvalue weighted by atomic mass is 10.1. The molecule has 0 saturated carbocycles. The van der Waals surface area contributed by atoms with E-state index in [-0.39, 0.29) is 17.9 Å². The Bertz CT molecular complexity index is 1190. The molecule has 2 aromatic heterocycles. The second-order valence-corrected chi connectivity index (χ2v) is 6.25. The van der Waals surface area contributed by atoms with E-state index < -0.39 is 0 Å². The van der Waals surface area contributed by atoms with Gasteiger partial charge < -0.3 is 9.88 Å². The van der Waals surface area contributed by atoms with Gasteiger partial charge in [0, 0.05) is 29.2 Å². The predicted octanol–water partition coefficient (Wildman–Crippen LogP) is 3.50. The molecule has 0 radical (unpaired) electrons. The second-order valence-electron chi connectivity index (χ2n) is 6.25. The van der Waals surface area contributed by atoms with Gasteiger partial charge in [0.2, 0.25) is 5.91 Å². The number of aromatic nitrogens is 2. The molecular weight excluding hydrogens is 326 g/mol. The van der Waals surface area contributed by atoms with Gasteiger partial charge in [-0.1, -0.05) is 23.8 Å². The molecule has 1 amide bonds. The van der Waals surface area contributed by atoms with Gasteiger partial charge in [0.15, 0.2) is 5.43 Å². The van der Waals surface area contributed by atoms with Gasteiger partial charge in [-0.25, -0.2) is 0 Å². The minimum Gasteiger partial charge on any atom is -0.338 e. The molecule has 0 saturated heterocycles. The molecule has 0 fully saturated rings. The van der Waals surface area contributed by atoms with E-state index >= 15 is 0 Å². The van der Waals surface area contributed by atoms with Crippen LogP contribution in [-0.2, 0) is 11.3 Å². The predicted molar refractivity (Wildman–Crippen MR) is 103 cm³/mol. The smallest absolute Gasteiger partial charge is 0.244 e. The minimum atomic E-state index is -0.159. The number of benzene rings is 2. The summed E-state index contributed by atoms with van der Waals surface area (Å²) in [6, 6.07) is 16.5. The van der Waals surface area contributed by atoms with Crippen molar-refractivity contribution in [2.75, 3.05) is 5.32 Å². The lowest BCUT2D eigenvalue weighted by molar-refractivity contribution is -0.116. The number of nitrogens with one attached hydrogen (secondary N) is 1. The third kappa shape index (κ3) is 2.95. The summed E-state index contributed by atoms with van der Waals surface area (Å²) >= 11 is 0. The number of pyridine rings is 2. The summed E-state index contributed by atoms with van der Waals surface area (Å²) in [5, 5.41) is 4.47. The molecule has 0 aliphatic heterocycles. The largest absolute Gasteiger partial charge is 0.338 e. The van der Waals surface area contributed by atoms with E-state index in [9.17, 15) is 9.59 Å². The summed E-state index contributed by atoms with van der Waals surface area (Å²) in [6.45, 7) is 2.13. The van der Waals surface area contributed by atoms with Gasteiger partial charge in [-0.2, -0.15) is 0 Å². The van der Waals surface area contributed by atoms with Crippen LogP contribution in [0.15, 0.2) is 71.8 Å². The zero-order chi connectivity index (χ0) is 18.1. The van der Waals surface area contributed by atoms with Crippen molar-refractivity contribution in [2.45, 2.75) is 13.5 Å². The highest BCUT2D eigenvalue weighted by molar-refractivity contribution is 6.01. The van der Waals surface area contributed by atoms with Gasteiger partial charge in [0.05, 0.1) is 16.7 Å². The highest BCUT2D eigenvalue weighted by Crippen LogP contribution is 2.22. The molecular formula is C21H17N3O2. The van der Waals surface area contributed by atoms with E-state index in [2.05, 4.69) is 10.3 Å². The number of carbonyl (C=O) groups excluding carboxylic acids is 1. The Morgan fingerprint density at radius 3 is 2.81 bits per heavy atom. The first-order valence-electron chi connectivity index (χ1n) is 8.35. The van der Waals surface area contributed by atoms with Gasteiger partial charge in [-0.15, -0.1) is 0 Å². The topological polar surface area (TPSA) is 64.0 Å². The van der Waals surface area contributed by atoms with Crippen molar-refractivity contribution >= 4 is 33.4 Å². The van der Waals surface area contributed by atoms with Crippen LogP contribution < -0.4 is 10.7 Å². The van der Waals surface area contributed by atoms with Crippen LogP contribution in [0.2, 0.25) is 0 Å². The van der Waals surface area contributed by atoms with Gasteiger partial charge in [0.1, 0.15) is 6.54 Å². The van der Waals surface area contributed by atoms with Crippen molar-refractivity contribution in [3.05, 3.63) is 82.8 Å². The number of nitrogens with zero attached hydrogens (tertiary/aromatic N) is 2. The molecule has 0 atom stereocenters. The van der Waals surface area contributed by atoms with Crippen molar-refractivity contribution < 1.29 is 4.79 Å². The third-order valence-electron chi connectivity index (χ3n) is 4.37. The monoisotopic (exact) mass is 343 g/mol. The maximum Gasteiger partial charge on any atom is 0.244 e. The summed E-state index contributed by atoms with van der Waals surface area (Å²) < 4.78 is 1.78. The average molecular weight is 343 g/mol. The molecule has 2 heterocycles. The van der Waals surface area contributed by atoms with Gasteiger partial charge in [0.25, 0.3) is 0 Å². The van der Waals surface area contributed by atoms with Gasteiger partial charge in [-0.3, -0.25) is 14.6 Å². The first-order chi connectivity index (χ1) is 12.6. The first-order valence-corrected chi connectivity index (χ1v) is 8.35. The standard InChI is InChI=1S/C21H17N3O2/c1-14-6-7-17-16(12-14)18(8-10-22-17)23-21(26)13-24-11-9-20(25)15-4-2-3-5-19(15)24/h2-12H,13H2,1H3,(H,22,23,26). The van der Waals surface area contributed by atoms with Crippen molar-refractivity contribution in [2.24, 2.45) is 0 Å². The van der Waals surface area contributed by atoms with Crippen molar-refractivity contribution in [3.63, 3.8) is 0 Å². The van der Waals surface area contributed by atoms with Gasteiger partial charge >= 0.3 is 0 Å². The highest BCUT2D eigenvalue weighted by atomic mass is 16.2. The molecule has 5 heteroatoms. The SMILES string of the molecule is Cc1ccc2nccc(NC(=O)Cn3ccc(=O)c4ccccc43)c2c1. The first kappa shape index (κ1) is 16.0. The molecule has 4 rings (SSSR count). The number of anilines is 1. The fourth-order valence-electron chi connectivity index (χ4n) is 3.11. The average Bonchev–Trinajstić information content (AvgIpc) is 2.65. The number of carbonyl (C=O) groups is 1. The van der Waals surface area contributed by atoms with Crippen LogP contribution in [0.5, 0.6) is 0 Å². The molecule has 128 valence electrons. The zero-order valence-electron chi connectivity index (χ0n) is 14.3. The molecule has 2 aromatic carbocycles. The third-order valence-corrected chi connectivity index (χ3v) is 4.37. The Morgan fingerprint density at radius 2 is 1.92 bits per heavy atom. The fourth-order valence-corrected chi connectivity index (χ4v) is 3.11. The number of para-hydroxylation sites is 1. The minimum absolute atomic E-state index is 0.0483. The Balaban J connectivity index is 1.66. The molecule has 0 aliphatic rings. The Kier molecular flexibility index (Phi) is 3.97. The number of fused-ring (bicyclic) bond motifs is 2. The van der Waals surface area contributed by atoms with E-state index in [4.69, 9.17) is 0 Å². The van der Waals surface area contributed by atoms with Crippen LogP contribution in [0, 0.1) is 6.92 Å². The summed E-state index contributed by atoms with van der Waals surface area (Å²) in [6.07, 6.45) is 3.33. The van der Waals surface area contributed by atoms with E-state index in [0.717, 1.165) is 27.7 Å². The highest BCUT2D eigenvalue weighted by Gasteiger charge is 2.09. The van der Waals surface area contributed by atoms with E-state index in [1.807, 2.05) is 43.3 Å². The molecule has 26 heavy (non-hydrogen) atoms. The fraction of sp³-hybridized carbons (Fsp3) is 0.0952. The number of amides is 1. The number of hydrogen-bond donors (Lipinski definition) is 1. The van der Waals surface area contributed by atoms with Crippen LogP contribution in [-0.4, -0.2) is 15.5 Å². The van der Waals surface area contributed by atoms with E-state index in [1.54, 1.807) is 29.1 Å². The molecule has 0 bridgehead atoms. The lowest BCUT2D eigenvalue weighted by Crippen LogP contribution is -2.20. The Hall–Kier alpha value is -3.47. The molecule has 0 unspecified atom stereocenters. The van der Waals surface area contributed by atoms with Crippen LogP contribution in [0.1, 0.15) is 5.56 Å². The van der Waals surface area contributed by atoms with Crippen LogP contribution >= 0.6 is 0 Å². The summed E-state index contributed by atoms with van der Waals surface area (Å²) in [5.41, 5.74) is 3.36. The quantitative estimate of drug-likeness (QED) is 0.619. The van der Waals surface area contributed by atoms with Crippen LogP contribution in [0.25, 0.3) is 21.8 Å². The number of rotatable bonds is 3. The summed E-state index contributed by atoms with van der Waals surface area (Å²) in [7, 11) is 0. The maximum absolute atomic E-state index is 12.6. The second kappa shape index (κ2) is 6.44. The molecule has 0 spiro atoms. The van der Waals surface area contributed by atoms with Crippen molar-refractivity contribution in [1.29, 1.82) is 0 Å². The van der Waals surface area contributed by atoms with Crippen molar-refractivity contribution in [3.8, 4) is 0 Å². The molecule has 5 nitrogen and oxygen atoms in total. The Labute approximate surface area is 149 Å². The molecule has 0 aliphatic carbocycles. The summed E-state index contributed by atoms with van der Waals surface area (Å²) in [4.78, 5) is 28.9. The lowest BCUT2D eigenvalue weighted by Gasteiger charge is -2.12. The van der Waals surface area contributed by atoms with Crippen molar-refractivity contribution in [1.82, 2.24) is 9.55 Å². The van der Waals surface area contributed by atoms with Crippen LogP contribution in [0.4, 0.5) is 5.69 Å². The zero-order valence-corrected chi connectivity index (χ0v) is 14.3. The molecule has 1 N–H and O–H groups in total.